The fourth-order valence-electron chi connectivity index (χ4n) is 4.87. The second-order valence-corrected chi connectivity index (χ2v) is 9.55. The highest BCUT2D eigenvalue weighted by Crippen LogP contribution is 2.28. The smallest absolute Gasteiger partial charge is 0.252 e. The maximum absolute atomic E-state index is 13.1. The lowest BCUT2D eigenvalue weighted by Crippen LogP contribution is -2.25. The topological polar surface area (TPSA) is 29.1 Å². The van der Waals surface area contributed by atoms with Crippen molar-refractivity contribution in [1.82, 2.24) is 5.32 Å². The highest BCUT2D eigenvalue weighted by Gasteiger charge is 2.14. The van der Waals surface area contributed by atoms with Gasteiger partial charge in [0.25, 0.3) is 5.91 Å². The first kappa shape index (κ1) is 25.3. The van der Waals surface area contributed by atoms with E-state index >= 15 is 0 Å². The second-order valence-electron chi connectivity index (χ2n) is 9.55. The number of carbonyl (C=O) groups excluding carboxylic acids is 1. The van der Waals surface area contributed by atoms with Gasteiger partial charge in [0.2, 0.25) is 0 Å². The zero-order valence-electron chi connectivity index (χ0n) is 20.7. The zero-order chi connectivity index (χ0) is 23.1. The summed E-state index contributed by atoms with van der Waals surface area (Å²) in [6, 6.07) is 18.6. The summed E-state index contributed by atoms with van der Waals surface area (Å²) in [5.74, 6) is 0.0534. The summed E-state index contributed by atoms with van der Waals surface area (Å²) in [5, 5.41) is 7.51. The molecule has 0 radical (unpaired) electrons. The number of benzene rings is 3. The van der Waals surface area contributed by atoms with Crippen LogP contribution < -0.4 is 5.32 Å². The molecule has 1 amide bonds. The highest BCUT2D eigenvalue weighted by molar-refractivity contribution is 6.18. The molecule has 3 rings (SSSR count). The summed E-state index contributed by atoms with van der Waals surface area (Å²) in [7, 11) is 0. The van der Waals surface area contributed by atoms with E-state index < -0.39 is 0 Å². The van der Waals surface area contributed by atoms with E-state index in [1.54, 1.807) is 0 Å². The molecule has 0 bridgehead atoms. The van der Waals surface area contributed by atoms with Gasteiger partial charge in [0.15, 0.2) is 0 Å². The lowest BCUT2D eigenvalue weighted by molar-refractivity contribution is 0.0956. The average Bonchev–Trinajstić information content (AvgIpc) is 2.84. The highest BCUT2D eigenvalue weighted by atomic mass is 16.1. The number of hydrogen-bond acceptors (Lipinski definition) is 1. The van der Waals surface area contributed by atoms with Crippen LogP contribution in [0.15, 0.2) is 54.6 Å². The molecule has 3 aromatic carbocycles. The Morgan fingerprint density at radius 3 is 1.52 bits per heavy atom. The van der Waals surface area contributed by atoms with Crippen LogP contribution >= 0.6 is 0 Å². The summed E-state index contributed by atoms with van der Waals surface area (Å²) in [6.07, 6.45) is 18.9. The molecule has 0 atom stereocenters. The van der Waals surface area contributed by atoms with Crippen molar-refractivity contribution in [3.8, 4) is 0 Å². The first-order chi connectivity index (χ1) is 16.3. The number of fused-ring (bicyclic) bond motifs is 2. The van der Waals surface area contributed by atoms with E-state index in [4.69, 9.17) is 0 Å². The minimum atomic E-state index is 0.0534. The molecule has 178 valence electrons. The Labute approximate surface area is 201 Å². The molecule has 0 aliphatic heterocycles. The van der Waals surface area contributed by atoms with Crippen molar-refractivity contribution < 1.29 is 4.79 Å². The molecule has 0 fully saturated rings. The normalized spacial score (nSPS) is 11.3. The fraction of sp³-hybridized carbons (Fsp3) is 0.516. The Morgan fingerprint density at radius 1 is 0.606 bits per heavy atom. The van der Waals surface area contributed by atoms with Gasteiger partial charge >= 0.3 is 0 Å². The van der Waals surface area contributed by atoms with Gasteiger partial charge in [-0.15, -0.1) is 0 Å². The van der Waals surface area contributed by atoms with E-state index in [9.17, 15) is 4.79 Å². The number of carbonyl (C=O) groups is 1. The van der Waals surface area contributed by atoms with Gasteiger partial charge in [-0.2, -0.15) is 0 Å². The first-order valence-corrected chi connectivity index (χ1v) is 13.5. The molecule has 0 unspecified atom stereocenters. The van der Waals surface area contributed by atoms with Crippen LogP contribution in [0, 0.1) is 0 Å². The monoisotopic (exact) mass is 445 g/mol. The van der Waals surface area contributed by atoms with Crippen LogP contribution in [0.4, 0.5) is 0 Å². The van der Waals surface area contributed by atoms with E-state index in [1.165, 1.54) is 83.5 Å². The van der Waals surface area contributed by atoms with Crippen LogP contribution in [0.2, 0.25) is 0 Å². The molecular formula is C31H43NO. The molecule has 0 spiro atoms. The molecule has 0 heterocycles. The Hall–Kier alpha value is -2.35. The minimum Gasteiger partial charge on any atom is -0.352 e. The quantitative estimate of drug-likeness (QED) is 0.173. The third kappa shape index (κ3) is 8.18. The Balaban J connectivity index is 1.31. The minimum absolute atomic E-state index is 0.0534. The lowest BCUT2D eigenvalue weighted by Gasteiger charge is -2.12. The van der Waals surface area contributed by atoms with Gasteiger partial charge in [-0.05, 0) is 34.0 Å². The van der Waals surface area contributed by atoms with E-state index in [2.05, 4.69) is 42.6 Å². The van der Waals surface area contributed by atoms with Crippen molar-refractivity contribution in [2.75, 3.05) is 6.54 Å². The summed E-state index contributed by atoms with van der Waals surface area (Å²) in [4.78, 5) is 13.1. The van der Waals surface area contributed by atoms with Crippen LogP contribution in [0.25, 0.3) is 21.5 Å². The lowest BCUT2D eigenvalue weighted by atomic mass is 9.96. The maximum atomic E-state index is 13.1. The molecule has 0 saturated carbocycles. The van der Waals surface area contributed by atoms with Gasteiger partial charge in [0, 0.05) is 6.54 Å². The predicted octanol–water partition coefficient (Wildman–Crippen LogP) is 9.20. The number of unbranched alkanes of at least 4 members (excludes halogenated alkanes) is 13. The fourth-order valence-corrected chi connectivity index (χ4v) is 4.87. The third-order valence-electron chi connectivity index (χ3n) is 6.81. The van der Waals surface area contributed by atoms with Gasteiger partial charge < -0.3 is 5.32 Å². The predicted molar refractivity (Wildman–Crippen MR) is 144 cm³/mol. The second kappa shape index (κ2) is 14.7. The van der Waals surface area contributed by atoms with Crippen molar-refractivity contribution in [3.63, 3.8) is 0 Å². The molecule has 2 nitrogen and oxygen atoms in total. The molecule has 3 aromatic rings. The molecular weight excluding hydrogens is 402 g/mol. The summed E-state index contributed by atoms with van der Waals surface area (Å²) < 4.78 is 0. The van der Waals surface area contributed by atoms with Crippen LogP contribution in [0.1, 0.15) is 107 Å². The van der Waals surface area contributed by atoms with Crippen LogP contribution in [-0.4, -0.2) is 12.5 Å². The number of amides is 1. The van der Waals surface area contributed by atoms with Gasteiger partial charge in [-0.3, -0.25) is 4.79 Å². The molecule has 2 heteroatoms. The molecule has 0 aliphatic carbocycles. The summed E-state index contributed by atoms with van der Waals surface area (Å²) >= 11 is 0. The Bertz CT molecular complexity index is 923. The number of nitrogens with one attached hydrogen (secondary N) is 1. The van der Waals surface area contributed by atoms with E-state index in [1.807, 2.05) is 24.3 Å². The van der Waals surface area contributed by atoms with Gasteiger partial charge in [-0.1, -0.05) is 139 Å². The molecule has 33 heavy (non-hydrogen) atoms. The molecule has 0 saturated heterocycles. The van der Waals surface area contributed by atoms with Crippen molar-refractivity contribution in [3.05, 3.63) is 60.2 Å². The third-order valence-corrected chi connectivity index (χ3v) is 6.81. The summed E-state index contributed by atoms with van der Waals surface area (Å²) in [5.41, 5.74) is 0.814. The SMILES string of the molecule is CCCCCCCCCCCCCCCCNC(=O)c1c2ccccc2cc2ccccc12. The molecule has 1 N–H and O–H groups in total. The van der Waals surface area contributed by atoms with Gasteiger partial charge in [0.1, 0.15) is 0 Å². The average molecular weight is 446 g/mol. The molecule has 0 aromatic heterocycles. The standard InChI is InChI=1S/C31H43NO/c1-2-3-4-5-6-7-8-9-10-11-12-13-14-19-24-32-31(33)30-28-22-17-15-20-26(28)25-27-21-16-18-23-29(27)30/h15-18,20-23,25H,2-14,19,24H2,1H3,(H,32,33). The van der Waals surface area contributed by atoms with Crippen molar-refractivity contribution in [1.29, 1.82) is 0 Å². The van der Waals surface area contributed by atoms with Crippen LogP contribution in [0.5, 0.6) is 0 Å². The number of hydrogen-bond donors (Lipinski definition) is 1. The van der Waals surface area contributed by atoms with Crippen LogP contribution in [0.3, 0.4) is 0 Å². The van der Waals surface area contributed by atoms with Crippen LogP contribution in [-0.2, 0) is 0 Å². The molecule has 0 aliphatic rings. The van der Waals surface area contributed by atoms with Crippen molar-refractivity contribution in [2.45, 2.75) is 96.8 Å². The summed E-state index contributed by atoms with van der Waals surface area (Å²) in [6.45, 7) is 3.04. The largest absolute Gasteiger partial charge is 0.352 e. The van der Waals surface area contributed by atoms with E-state index in [0.29, 0.717) is 0 Å². The van der Waals surface area contributed by atoms with Gasteiger partial charge in [-0.25, -0.2) is 0 Å². The van der Waals surface area contributed by atoms with E-state index in [-0.39, 0.29) is 5.91 Å². The van der Waals surface area contributed by atoms with Crippen molar-refractivity contribution in [2.24, 2.45) is 0 Å². The number of rotatable bonds is 16. The Morgan fingerprint density at radius 2 is 1.03 bits per heavy atom. The van der Waals surface area contributed by atoms with E-state index in [0.717, 1.165) is 40.1 Å². The first-order valence-electron chi connectivity index (χ1n) is 13.5. The van der Waals surface area contributed by atoms with Crippen molar-refractivity contribution >= 4 is 27.5 Å². The zero-order valence-corrected chi connectivity index (χ0v) is 20.7. The maximum Gasteiger partial charge on any atom is 0.252 e. The Kier molecular flexibility index (Phi) is 11.3. The van der Waals surface area contributed by atoms with Gasteiger partial charge in [0.05, 0.1) is 5.56 Å².